The van der Waals surface area contributed by atoms with Crippen LogP contribution in [0, 0.1) is 0 Å². The van der Waals surface area contributed by atoms with E-state index in [4.69, 9.17) is 5.73 Å². The number of aromatic nitrogens is 1. The van der Waals surface area contributed by atoms with Crippen LogP contribution in [0.5, 0.6) is 0 Å². The van der Waals surface area contributed by atoms with E-state index in [0.29, 0.717) is 6.54 Å². The first-order valence-corrected chi connectivity index (χ1v) is 8.15. The SMILES string of the molecule is NCCc1nc(CN2CCc3ccccc3CC2)cs1. The summed E-state index contributed by atoms with van der Waals surface area (Å²) >= 11 is 1.74. The molecular weight excluding hydrogens is 266 g/mol. The average molecular weight is 287 g/mol. The molecule has 0 atom stereocenters. The lowest BCUT2D eigenvalue weighted by molar-refractivity contribution is 0.276. The van der Waals surface area contributed by atoms with Gasteiger partial charge in [-0.15, -0.1) is 11.3 Å². The highest BCUT2D eigenvalue weighted by atomic mass is 32.1. The molecule has 0 bridgehead atoms. The maximum Gasteiger partial charge on any atom is 0.0941 e. The third-order valence-electron chi connectivity index (χ3n) is 3.86. The van der Waals surface area contributed by atoms with E-state index in [-0.39, 0.29) is 0 Å². The first-order valence-electron chi connectivity index (χ1n) is 7.27. The summed E-state index contributed by atoms with van der Waals surface area (Å²) in [6.07, 6.45) is 3.20. The van der Waals surface area contributed by atoms with E-state index >= 15 is 0 Å². The van der Waals surface area contributed by atoms with Crippen molar-refractivity contribution < 1.29 is 0 Å². The Kier molecular flexibility index (Phi) is 4.45. The number of rotatable bonds is 4. The van der Waals surface area contributed by atoms with E-state index in [0.717, 1.165) is 38.9 Å². The number of fused-ring (bicyclic) bond motifs is 1. The molecule has 0 saturated heterocycles. The number of thiazole rings is 1. The lowest BCUT2D eigenvalue weighted by atomic mass is 10.0. The molecule has 3 nitrogen and oxygen atoms in total. The zero-order valence-corrected chi connectivity index (χ0v) is 12.5. The molecule has 0 aliphatic carbocycles. The second kappa shape index (κ2) is 6.48. The second-order valence-corrected chi connectivity index (χ2v) is 6.26. The lowest BCUT2D eigenvalue weighted by Crippen LogP contribution is -2.26. The van der Waals surface area contributed by atoms with Gasteiger partial charge in [0.1, 0.15) is 0 Å². The van der Waals surface area contributed by atoms with E-state index in [1.165, 1.54) is 21.8 Å². The van der Waals surface area contributed by atoms with Crippen LogP contribution in [0.1, 0.15) is 21.8 Å². The van der Waals surface area contributed by atoms with Crippen LogP contribution in [0.25, 0.3) is 0 Å². The van der Waals surface area contributed by atoms with Gasteiger partial charge in [-0.2, -0.15) is 0 Å². The third kappa shape index (κ3) is 3.26. The second-order valence-electron chi connectivity index (χ2n) is 5.32. The van der Waals surface area contributed by atoms with Gasteiger partial charge in [-0.3, -0.25) is 4.90 Å². The molecule has 1 aromatic carbocycles. The number of hydrogen-bond donors (Lipinski definition) is 1. The molecule has 0 spiro atoms. The summed E-state index contributed by atoms with van der Waals surface area (Å²) in [7, 11) is 0. The molecule has 2 aromatic rings. The van der Waals surface area contributed by atoms with Gasteiger partial charge < -0.3 is 5.73 Å². The van der Waals surface area contributed by atoms with Crippen molar-refractivity contribution >= 4 is 11.3 Å². The van der Waals surface area contributed by atoms with Gasteiger partial charge in [0.05, 0.1) is 10.7 Å². The molecule has 0 amide bonds. The van der Waals surface area contributed by atoms with Crippen LogP contribution in [0.15, 0.2) is 29.6 Å². The van der Waals surface area contributed by atoms with Crippen molar-refractivity contribution in [2.45, 2.75) is 25.8 Å². The number of nitrogens with zero attached hydrogens (tertiary/aromatic N) is 2. The van der Waals surface area contributed by atoms with Gasteiger partial charge in [0.25, 0.3) is 0 Å². The molecule has 1 aliphatic rings. The standard InChI is InChI=1S/C16H21N3S/c17-8-5-16-18-15(12-20-16)11-19-9-6-13-3-1-2-4-14(13)7-10-19/h1-4,12H,5-11,17H2. The van der Waals surface area contributed by atoms with Crippen molar-refractivity contribution in [3.63, 3.8) is 0 Å². The minimum absolute atomic E-state index is 0.686. The van der Waals surface area contributed by atoms with Crippen LogP contribution in [0.4, 0.5) is 0 Å². The Hall–Kier alpha value is -1.23. The maximum atomic E-state index is 5.58. The molecule has 0 fully saturated rings. The van der Waals surface area contributed by atoms with E-state index in [1.54, 1.807) is 11.3 Å². The summed E-state index contributed by atoms with van der Waals surface area (Å²) in [5, 5.41) is 3.35. The first kappa shape index (κ1) is 13.7. The Labute approximate surface area is 124 Å². The Morgan fingerprint density at radius 3 is 2.50 bits per heavy atom. The fraction of sp³-hybridized carbons (Fsp3) is 0.438. The van der Waals surface area contributed by atoms with Crippen molar-refractivity contribution in [1.29, 1.82) is 0 Å². The Bertz CT molecular complexity index is 537. The highest BCUT2D eigenvalue weighted by Gasteiger charge is 2.14. The van der Waals surface area contributed by atoms with Gasteiger partial charge in [0.15, 0.2) is 0 Å². The predicted molar refractivity (Wildman–Crippen MR) is 84.0 cm³/mol. The minimum Gasteiger partial charge on any atom is -0.330 e. The van der Waals surface area contributed by atoms with Gasteiger partial charge in [0.2, 0.25) is 0 Å². The fourth-order valence-corrected chi connectivity index (χ4v) is 3.57. The van der Waals surface area contributed by atoms with Crippen LogP contribution in [-0.4, -0.2) is 29.5 Å². The van der Waals surface area contributed by atoms with Crippen LogP contribution in [-0.2, 0) is 25.8 Å². The smallest absolute Gasteiger partial charge is 0.0941 e. The average Bonchev–Trinajstić information content (AvgIpc) is 2.80. The Balaban J connectivity index is 1.62. The molecule has 0 unspecified atom stereocenters. The van der Waals surface area contributed by atoms with Gasteiger partial charge in [-0.05, 0) is 30.5 Å². The highest BCUT2D eigenvalue weighted by Crippen LogP contribution is 2.18. The van der Waals surface area contributed by atoms with Gasteiger partial charge in [-0.1, -0.05) is 24.3 Å². The Morgan fingerprint density at radius 2 is 1.85 bits per heavy atom. The molecule has 20 heavy (non-hydrogen) atoms. The predicted octanol–water partition coefficient (Wildman–Crippen LogP) is 2.25. The van der Waals surface area contributed by atoms with Gasteiger partial charge in [0, 0.05) is 31.4 Å². The van der Waals surface area contributed by atoms with E-state index < -0.39 is 0 Å². The molecule has 2 heterocycles. The molecule has 3 rings (SSSR count). The monoisotopic (exact) mass is 287 g/mol. The fourth-order valence-electron chi connectivity index (χ4n) is 2.76. The molecule has 4 heteroatoms. The normalized spacial score (nSPS) is 15.8. The van der Waals surface area contributed by atoms with Crippen molar-refractivity contribution in [3.8, 4) is 0 Å². The van der Waals surface area contributed by atoms with Crippen LogP contribution in [0.2, 0.25) is 0 Å². The highest BCUT2D eigenvalue weighted by molar-refractivity contribution is 7.09. The molecule has 2 N–H and O–H groups in total. The number of hydrogen-bond acceptors (Lipinski definition) is 4. The summed E-state index contributed by atoms with van der Waals surface area (Å²) in [6.45, 7) is 3.91. The summed E-state index contributed by atoms with van der Waals surface area (Å²) in [6, 6.07) is 8.82. The summed E-state index contributed by atoms with van der Waals surface area (Å²) in [5.41, 5.74) is 9.80. The van der Waals surface area contributed by atoms with E-state index in [2.05, 4.69) is 39.5 Å². The third-order valence-corrected chi connectivity index (χ3v) is 4.81. The van der Waals surface area contributed by atoms with Crippen LogP contribution in [0.3, 0.4) is 0 Å². The molecule has 0 saturated carbocycles. The van der Waals surface area contributed by atoms with Crippen molar-refractivity contribution in [3.05, 3.63) is 51.5 Å². The van der Waals surface area contributed by atoms with Crippen molar-refractivity contribution in [2.24, 2.45) is 5.73 Å². The van der Waals surface area contributed by atoms with E-state index in [9.17, 15) is 0 Å². The van der Waals surface area contributed by atoms with Crippen molar-refractivity contribution in [2.75, 3.05) is 19.6 Å². The quantitative estimate of drug-likeness (QED) is 0.938. The molecule has 1 aromatic heterocycles. The van der Waals surface area contributed by atoms with E-state index in [1.807, 2.05) is 0 Å². The summed E-state index contributed by atoms with van der Waals surface area (Å²) in [5.74, 6) is 0. The number of nitrogens with two attached hydrogens (primary N) is 1. The summed E-state index contributed by atoms with van der Waals surface area (Å²) in [4.78, 5) is 7.19. The summed E-state index contributed by atoms with van der Waals surface area (Å²) < 4.78 is 0. The largest absolute Gasteiger partial charge is 0.330 e. The van der Waals surface area contributed by atoms with Gasteiger partial charge in [-0.25, -0.2) is 4.98 Å². The first-order chi connectivity index (χ1) is 9.85. The van der Waals surface area contributed by atoms with Crippen LogP contribution >= 0.6 is 11.3 Å². The molecule has 0 radical (unpaired) electrons. The zero-order valence-electron chi connectivity index (χ0n) is 11.7. The Morgan fingerprint density at radius 1 is 1.15 bits per heavy atom. The number of benzene rings is 1. The molecular formula is C16H21N3S. The topological polar surface area (TPSA) is 42.1 Å². The van der Waals surface area contributed by atoms with Crippen LogP contribution < -0.4 is 5.73 Å². The van der Waals surface area contributed by atoms with Crippen molar-refractivity contribution in [1.82, 2.24) is 9.88 Å². The van der Waals surface area contributed by atoms with Gasteiger partial charge >= 0.3 is 0 Å². The maximum absolute atomic E-state index is 5.58. The molecule has 106 valence electrons. The molecule has 1 aliphatic heterocycles. The minimum atomic E-state index is 0.686. The lowest BCUT2D eigenvalue weighted by Gasteiger charge is -2.18. The zero-order chi connectivity index (χ0) is 13.8.